The van der Waals surface area contributed by atoms with E-state index in [0.29, 0.717) is 0 Å². The third kappa shape index (κ3) is 0.853. The highest BCUT2D eigenvalue weighted by molar-refractivity contribution is 5.89. The lowest BCUT2D eigenvalue weighted by Crippen LogP contribution is -2.10. The SMILES string of the molecule is Cn1nc2ccccc2c1NN. The highest BCUT2D eigenvalue weighted by atomic mass is 15.4. The van der Waals surface area contributed by atoms with Gasteiger partial charge in [0, 0.05) is 12.4 Å². The van der Waals surface area contributed by atoms with E-state index in [-0.39, 0.29) is 0 Å². The number of nitrogens with two attached hydrogens (primary N) is 1. The quantitative estimate of drug-likeness (QED) is 0.483. The van der Waals surface area contributed by atoms with Gasteiger partial charge in [0.1, 0.15) is 5.82 Å². The first-order chi connectivity index (χ1) is 5.83. The average Bonchev–Trinajstić information content (AvgIpc) is 2.40. The Labute approximate surface area is 69.9 Å². The van der Waals surface area contributed by atoms with Gasteiger partial charge in [0.25, 0.3) is 0 Å². The maximum atomic E-state index is 5.35. The van der Waals surface area contributed by atoms with Crippen LogP contribution >= 0.6 is 0 Å². The number of nitrogen functional groups attached to an aromatic ring is 1. The number of hydrogen-bond acceptors (Lipinski definition) is 3. The number of nitrogens with one attached hydrogen (secondary N) is 1. The van der Waals surface area contributed by atoms with Crippen molar-refractivity contribution in [2.75, 3.05) is 5.43 Å². The minimum Gasteiger partial charge on any atom is -0.308 e. The van der Waals surface area contributed by atoms with Crippen molar-refractivity contribution in [1.82, 2.24) is 9.78 Å². The molecular formula is C8H10N4. The van der Waals surface area contributed by atoms with Crippen molar-refractivity contribution < 1.29 is 0 Å². The summed E-state index contributed by atoms with van der Waals surface area (Å²) in [6.45, 7) is 0. The van der Waals surface area contributed by atoms with Crippen LogP contribution < -0.4 is 11.3 Å². The Balaban J connectivity index is 2.81. The van der Waals surface area contributed by atoms with Crippen molar-refractivity contribution in [2.45, 2.75) is 0 Å². The van der Waals surface area contributed by atoms with Gasteiger partial charge in [-0.25, -0.2) is 5.84 Å². The van der Waals surface area contributed by atoms with E-state index in [0.717, 1.165) is 16.7 Å². The molecule has 0 amide bonds. The molecule has 0 aliphatic heterocycles. The highest BCUT2D eigenvalue weighted by Gasteiger charge is 2.04. The van der Waals surface area contributed by atoms with Crippen molar-refractivity contribution in [3.63, 3.8) is 0 Å². The van der Waals surface area contributed by atoms with Gasteiger partial charge < -0.3 is 5.43 Å². The van der Waals surface area contributed by atoms with Crippen LogP contribution in [-0.2, 0) is 7.05 Å². The van der Waals surface area contributed by atoms with Crippen LogP contribution in [0, 0.1) is 0 Å². The Kier molecular flexibility index (Phi) is 1.48. The molecule has 4 heteroatoms. The van der Waals surface area contributed by atoms with Gasteiger partial charge in [0.15, 0.2) is 0 Å². The number of rotatable bonds is 1. The van der Waals surface area contributed by atoms with Crippen LogP contribution in [0.5, 0.6) is 0 Å². The topological polar surface area (TPSA) is 55.9 Å². The van der Waals surface area contributed by atoms with Crippen LogP contribution in [0.15, 0.2) is 24.3 Å². The van der Waals surface area contributed by atoms with E-state index in [1.165, 1.54) is 0 Å². The summed E-state index contributed by atoms with van der Waals surface area (Å²) in [5.41, 5.74) is 3.57. The Bertz CT molecular complexity index is 404. The van der Waals surface area contributed by atoms with E-state index >= 15 is 0 Å². The molecule has 12 heavy (non-hydrogen) atoms. The van der Waals surface area contributed by atoms with Crippen molar-refractivity contribution in [3.8, 4) is 0 Å². The molecule has 0 radical (unpaired) electrons. The maximum Gasteiger partial charge on any atom is 0.146 e. The minimum absolute atomic E-state index is 0.839. The minimum atomic E-state index is 0.839. The maximum absolute atomic E-state index is 5.35. The number of hydrogen-bond donors (Lipinski definition) is 2. The fraction of sp³-hybridized carbons (Fsp3) is 0.125. The van der Waals surface area contributed by atoms with Gasteiger partial charge in [0.2, 0.25) is 0 Å². The van der Waals surface area contributed by atoms with Crippen LogP contribution in [0.2, 0.25) is 0 Å². The van der Waals surface area contributed by atoms with E-state index in [4.69, 9.17) is 5.84 Å². The summed E-state index contributed by atoms with van der Waals surface area (Å²) in [5.74, 6) is 6.19. The summed E-state index contributed by atoms with van der Waals surface area (Å²) in [6.07, 6.45) is 0. The molecule has 0 aliphatic carbocycles. The van der Waals surface area contributed by atoms with Crippen LogP contribution in [0.3, 0.4) is 0 Å². The lowest BCUT2D eigenvalue weighted by Gasteiger charge is -1.98. The Morgan fingerprint density at radius 3 is 2.92 bits per heavy atom. The molecular weight excluding hydrogens is 152 g/mol. The molecule has 0 aliphatic rings. The van der Waals surface area contributed by atoms with Crippen LogP contribution in [0.4, 0.5) is 5.82 Å². The number of fused-ring (bicyclic) bond motifs is 1. The first-order valence-electron chi connectivity index (χ1n) is 3.71. The molecule has 0 bridgehead atoms. The van der Waals surface area contributed by atoms with Gasteiger partial charge in [-0.15, -0.1) is 0 Å². The summed E-state index contributed by atoms with van der Waals surface area (Å²) in [6, 6.07) is 7.86. The highest BCUT2D eigenvalue weighted by Crippen LogP contribution is 2.20. The second kappa shape index (κ2) is 2.49. The largest absolute Gasteiger partial charge is 0.308 e. The van der Waals surface area contributed by atoms with Crippen LogP contribution in [0.1, 0.15) is 0 Å². The zero-order valence-corrected chi connectivity index (χ0v) is 6.78. The summed E-state index contributed by atoms with van der Waals surface area (Å²) in [7, 11) is 1.86. The predicted octanol–water partition coefficient (Wildman–Crippen LogP) is 0.859. The predicted molar refractivity (Wildman–Crippen MR) is 48.5 cm³/mol. The number of aromatic nitrogens is 2. The number of benzene rings is 1. The first-order valence-corrected chi connectivity index (χ1v) is 3.71. The van der Waals surface area contributed by atoms with E-state index < -0.39 is 0 Å². The molecule has 4 nitrogen and oxygen atoms in total. The smallest absolute Gasteiger partial charge is 0.146 e. The van der Waals surface area contributed by atoms with Gasteiger partial charge in [-0.1, -0.05) is 12.1 Å². The van der Waals surface area contributed by atoms with Crippen LogP contribution in [-0.4, -0.2) is 9.78 Å². The lowest BCUT2D eigenvalue weighted by molar-refractivity contribution is 0.783. The molecule has 2 aromatic rings. The molecule has 0 spiro atoms. The monoisotopic (exact) mass is 162 g/mol. The fourth-order valence-corrected chi connectivity index (χ4v) is 1.32. The zero-order chi connectivity index (χ0) is 8.55. The second-order valence-electron chi connectivity index (χ2n) is 2.63. The van der Waals surface area contributed by atoms with Gasteiger partial charge >= 0.3 is 0 Å². The summed E-state index contributed by atoms with van der Waals surface area (Å²) in [4.78, 5) is 0. The van der Waals surface area contributed by atoms with Crippen molar-refractivity contribution in [1.29, 1.82) is 0 Å². The van der Waals surface area contributed by atoms with Crippen LogP contribution in [0.25, 0.3) is 10.9 Å². The van der Waals surface area contributed by atoms with Crippen molar-refractivity contribution in [3.05, 3.63) is 24.3 Å². The molecule has 62 valence electrons. The molecule has 2 rings (SSSR count). The molecule has 1 aromatic carbocycles. The molecule has 0 fully saturated rings. The number of hydrazine groups is 1. The number of anilines is 1. The Morgan fingerprint density at radius 2 is 2.17 bits per heavy atom. The average molecular weight is 162 g/mol. The summed E-state index contributed by atoms with van der Waals surface area (Å²) >= 11 is 0. The normalized spacial score (nSPS) is 10.5. The number of aryl methyl sites for hydroxylation is 1. The standard InChI is InChI=1S/C8H10N4/c1-12-8(10-9)6-4-2-3-5-7(6)11-12/h2-5,10H,9H2,1H3. The van der Waals surface area contributed by atoms with E-state index in [1.54, 1.807) is 4.68 Å². The fourth-order valence-electron chi connectivity index (χ4n) is 1.32. The van der Waals surface area contributed by atoms with Gasteiger partial charge in [-0.05, 0) is 12.1 Å². The van der Waals surface area contributed by atoms with Gasteiger partial charge in [0.05, 0.1) is 5.52 Å². The molecule has 1 heterocycles. The van der Waals surface area contributed by atoms with Crippen molar-refractivity contribution in [2.24, 2.45) is 12.9 Å². The molecule has 0 saturated carbocycles. The number of nitrogens with zero attached hydrogens (tertiary/aromatic N) is 2. The van der Waals surface area contributed by atoms with E-state index in [2.05, 4.69) is 10.5 Å². The molecule has 3 N–H and O–H groups in total. The zero-order valence-electron chi connectivity index (χ0n) is 6.78. The second-order valence-corrected chi connectivity index (χ2v) is 2.63. The Morgan fingerprint density at radius 1 is 1.42 bits per heavy atom. The Hall–Kier alpha value is -1.55. The molecule has 1 aromatic heterocycles. The van der Waals surface area contributed by atoms with Gasteiger partial charge in [-0.2, -0.15) is 5.10 Å². The van der Waals surface area contributed by atoms with E-state index in [1.807, 2.05) is 31.3 Å². The lowest BCUT2D eigenvalue weighted by atomic mass is 10.2. The third-order valence-corrected chi connectivity index (χ3v) is 1.88. The van der Waals surface area contributed by atoms with Crippen molar-refractivity contribution >= 4 is 16.7 Å². The first kappa shape index (κ1) is 7.12. The molecule has 0 saturated heterocycles. The third-order valence-electron chi connectivity index (χ3n) is 1.88. The van der Waals surface area contributed by atoms with E-state index in [9.17, 15) is 0 Å². The molecule has 0 unspecified atom stereocenters. The van der Waals surface area contributed by atoms with Gasteiger partial charge in [-0.3, -0.25) is 4.68 Å². The summed E-state index contributed by atoms with van der Waals surface area (Å²) in [5, 5.41) is 5.30. The molecule has 0 atom stereocenters. The summed E-state index contributed by atoms with van der Waals surface area (Å²) < 4.78 is 1.73.